The molecule has 1 unspecified atom stereocenters. The number of nitrogens with zero attached hydrogens (tertiary/aromatic N) is 2. The first-order valence-electron chi connectivity index (χ1n) is 5.35. The van der Waals surface area contributed by atoms with Crippen molar-refractivity contribution in [3.8, 4) is 6.07 Å². The van der Waals surface area contributed by atoms with E-state index < -0.39 is 0 Å². The zero-order valence-electron chi connectivity index (χ0n) is 8.99. The second-order valence-corrected chi connectivity index (χ2v) is 4.20. The van der Waals surface area contributed by atoms with E-state index in [0.717, 1.165) is 19.5 Å². The molecule has 1 heterocycles. The molecule has 2 rings (SSSR count). The van der Waals surface area contributed by atoms with Gasteiger partial charge in [0.1, 0.15) is 5.82 Å². The highest BCUT2D eigenvalue weighted by Gasteiger charge is 2.20. The van der Waals surface area contributed by atoms with Crippen LogP contribution < -0.4 is 5.73 Å². The lowest BCUT2D eigenvalue weighted by Gasteiger charge is -2.15. The molecule has 0 amide bonds. The molecule has 4 heteroatoms. The van der Waals surface area contributed by atoms with Gasteiger partial charge in [0.05, 0.1) is 11.6 Å². The van der Waals surface area contributed by atoms with Gasteiger partial charge in [-0.05, 0) is 24.6 Å². The zero-order chi connectivity index (χ0) is 11.5. The number of hydrogen-bond donors (Lipinski definition) is 1. The zero-order valence-corrected chi connectivity index (χ0v) is 8.99. The standard InChI is InChI=1S/C12H14FN3/c13-12-2-1-9(6-14)5-10(12)7-16-4-3-11(15)8-16/h1-2,5,11H,3-4,7-8,15H2. The van der Waals surface area contributed by atoms with Gasteiger partial charge in [-0.3, -0.25) is 4.90 Å². The number of likely N-dealkylation sites (tertiary alicyclic amines) is 1. The van der Waals surface area contributed by atoms with Gasteiger partial charge in [0, 0.05) is 31.2 Å². The van der Waals surface area contributed by atoms with Gasteiger partial charge in [-0.15, -0.1) is 0 Å². The first-order valence-corrected chi connectivity index (χ1v) is 5.35. The molecule has 0 saturated carbocycles. The molecule has 0 aromatic heterocycles. The molecule has 1 aliphatic rings. The Labute approximate surface area is 94.3 Å². The molecule has 84 valence electrons. The summed E-state index contributed by atoms with van der Waals surface area (Å²) in [7, 11) is 0. The summed E-state index contributed by atoms with van der Waals surface area (Å²) >= 11 is 0. The van der Waals surface area contributed by atoms with Crippen LogP contribution >= 0.6 is 0 Å². The van der Waals surface area contributed by atoms with Crippen LogP contribution in [0.25, 0.3) is 0 Å². The molecule has 0 radical (unpaired) electrons. The fourth-order valence-electron chi connectivity index (χ4n) is 2.01. The summed E-state index contributed by atoms with van der Waals surface area (Å²) in [6.07, 6.45) is 0.958. The number of hydrogen-bond acceptors (Lipinski definition) is 3. The SMILES string of the molecule is N#Cc1ccc(F)c(CN2CCC(N)C2)c1. The molecule has 16 heavy (non-hydrogen) atoms. The Balaban J connectivity index is 2.12. The molecule has 3 nitrogen and oxygen atoms in total. The highest BCUT2D eigenvalue weighted by atomic mass is 19.1. The number of halogens is 1. The van der Waals surface area contributed by atoms with Crippen LogP contribution in [-0.4, -0.2) is 24.0 Å². The Morgan fingerprint density at radius 3 is 3.00 bits per heavy atom. The third kappa shape index (κ3) is 2.38. The van der Waals surface area contributed by atoms with Gasteiger partial charge in [-0.25, -0.2) is 4.39 Å². The van der Waals surface area contributed by atoms with Gasteiger partial charge in [-0.2, -0.15) is 5.26 Å². The van der Waals surface area contributed by atoms with Crippen LogP contribution in [0, 0.1) is 17.1 Å². The van der Waals surface area contributed by atoms with Crippen molar-refractivity contribution in [2.45, 2.75) is 19.0 Å². The van der Waals surface area contributed by atoms with Crippen LogP contribution in [0.1, 0.15) is 17.5 Å². The predicted octanol–water partition coefficient (Wildman–Crippen LogP) is 1.23. The predicted molar refractivity (Wildman–Crippen MR) is 59.0 cm³/mol. The normalized spacial score (nSPS) is 20.9. The van der Waals surface area contributed by atoms with Crippen LogP contribution in [0.4, 0.5) is 4.39 Å². The molecule has 1 aromatic carbocycles. The third-order valence-electron chi connectivity index (χ3n) is 2.88. The van der Waals surface area contributed by atoms with Crippen molar-refractivity contribution < 1.29 is 4.39 Å². The van der Waals surface area contributed by atoms with Crippen molar-refractivity contribution in [1.82, 2.24) is 4.90 Å². The summed E-state index contributed by atoms with van der Waals surface area (Å²) in [4.78, 5) is 2.12. The van der Waals surface area contributed by atoms with E-state index in [2.05, 4.69) is 4.90 Å². The topological polar surface area (TPSA) is 53.0 Å². The monoisotopic (exact) mass is 219 g/mol. The molecule has 2 N–H and O–H groups in total. The molecule has 1 fully saturated rings. The van der Waals surface area contributed by atoms with Gasteiger partial charge >= 0.3 is 0 Å². The Morgan fingerprint density at radius 1 is 1.56 bits per heavy atom. The van der Waals surface area contributed by atoms with Gasteiger partial charge in [-0.1, -0.05) is 0 Å². The Kier molecular flexibility index (Phi) is 3.18. The van der Waals surface area contributed by atoms with Gasteiger partial charge < -0.3 is 5.73 Å². The van der Waals surface area contributed by atoms with E-state index in [4.69, 9.17) is 11.0 Å². The molecule has 1 atom stereocenters. The fraction of sp³-hybridized carbons (Fsp3) is 0.417. The van der Waals surface area contributed by atoms with E-state index in [9.17, 15) is 4.39 Å². The smallest absolute Gasteiger partial charge is 0.127 e. The average molecular weight is 219 g/mol. The van der Waals surface area contributed by atoms with E-state index >= 15 is 0 Å². The fourth-order valence-corrected chi connectivity index (χ4v) is 2.01. The Hall–Kier alpha value is -1.44. The molecule has 1 aliphatic heterocycles. The van der Waals surface area contributed by atoms with Crippen LogP contribution in [-0.2, 0) is 6.54 Å². The van der Waals surface area contributed by atoms with Gasteiger partial charge in [0.15, 0.2) is 0 Å². The summed E-state index contributed by atoms with van der Waals surface area (Å²) in [5, 5.41) is 8.75. The molecular weight excluding hydrogens is 205 g/mol. The maximum Gasteiger partial charge on any atom is 0.127 e. The number of nitrogens with two attached hydrogens (primary N) is 1. The summed E-state index contributed by atoms with van der Waals surface area (Å²) in [5.74, 6) is -0.250. The molecule has 1 saturated heterocycles. The van der Waals surface area contributed by atoms with E-state index in [0.29, 0.717) is 17.7 Å². The van der Waals surface area contributed by atoms with Crippen LogP contribution in [0.2, 0.25) is 0 Å². The molecule has 0 aliphatic carbocycles. The van der Waals surface area contributed by atoms with Crippen molar-refractivity contribution in [1.29, 1.82) is 5.26 Å². The lowest BCUT2D eigenvalue weighted by molar-refractivity contribution is 0.321. The van der Waals surface area contributed by atoms with E-state index in [1.165, 1.54) is 12.1 Å². The largest absolute Gasteiger partial charge is 0.326 e. The van der Waals surface area contributed by atoms with Crippen molar-refractivity contribution in [3.63, 3.8) is 0 Å². The number of rotatable bonds is 2. The summed E-state index contributed by atoms with van der Waals surface area (Å²) in [6.45, 7) is 2.24. The molecular formula is C12H14FN3. The highest BCUT2D eigenvalue weighted by Crippen LogP contribution is 2.16. The van der Waals surface area contributed by atoms with Crippen molar-refractivity contribution in [2.24, 2.45) is 5.73 Å². The second kappa shape index (κ2) is 4.60. The Morgan fingerprint density at radius 2 is 2.38 bits per heavy atom. The van der Waals surface area contributed by atoms with Crippen LogP contribution in [0.3, 0.4) is 0 Å². The quantitative estimate of drug-likeness (QED) is 0.814. The summed E-state index contributed by atoms with van der Waals surface area (Å²) in [6, 6.07) is 6.67. The van der Waals surface area contributed by atoms with Crippen LogP contribution in [0.5, 0.6) is 0 Å². The van der Waals surface area contributed by atoms with Crippen LogP contribution in [0.15, 0.2) is 18.2 Å². The van der Waals surface area contributed by atoms with Gasteiger partial charge in [0.25, 0.3) is 0 Å². The first-order chi connectivity index (χ1) is 7.69. The molecule has 1 aromatic rings. The Bertz CT molecular complexity index is 425. The lowest BCUT2D eigenvalue weighted by atomic mass is 10.1. The van der Waals surface area contributed by atoms with Crippen molar-refractivity contribution in [3.05, 3.63) is 35.1 Å². The van der Waals surface area contributed by atoms with E-state index in [1.807, 2.05) is 6.07 Å². The minimum Gasteiger partial charge on any atom is -0.326 e. The minimum absolute atomic E-state index is 0.196. The number of nitriles is 1. The van der Waals surface area contributed by atoms with E-state index in [-0.39, 0.29) is 11.9 Å². The maximum atomic E-state index is 13.5. The summed E-state index contributed by atoms with van der Waals surface area (Å²) < 4.78 is 13.5. The first kappa shape index (κ1) is 11.1. The van der Waals surface area contributed by atoms with Gasteiger partial charge in [0.2, 0.25) is 0 Å². The average Bonchev–Trinajstić information content (AvgIpc) is 2.67. The van der Waals surface area contributed by atoms with E-state index in [1.54, 1.807) is 6.07 Å². The number of benzene rings is 1. The highest BCUT2D eigenvalue weighted by molar-refractivity contribution is 5.33. The molecule has 0 bridgehead atoms. The van der Waals surface area contributed by atoms with Crippen molar-refractivity contribution in [2.75, 3.05) is 13.1 Å². The lowest BCUT2D eigenvalue weighted by Crippen LogP contribution is -2.26. The maximum absolute atomic E-state index is 13.5. The summed E-state index contributed by atoms with van der Waals surface area (Å²) in [5.41, 5.74) is 6.86. The third-order valence-corrected chi connectivity index (χ3v) is 2.88. The second-order valence-electron chi connectivity index (χ2n) is 4.20. The minimum atomic E-state index is -0.250. The van der Waals surface area contributed by atoms with Crippen molar-refractivity contribution >= 4 is 0 Å². The molecule has 0 spiro atoms.